The minimum absolute atomic E-state index is 0.0192. The summed E-state index contributed by atoms with van der Waals surface area (Å²) in [6.45, 7) is -0.0192. The standard InChI is InChI=1S/C17H16F3N3O2/c1-21-15(24)13-7-4-8-14(22-13)16(25)23(2)10-11-5-3-6-12(9-11)17(18,19)20/h3-9H,10H2,1-2H3,(H,21,24). The molecule has 8 heteroatoms. The van der Waals surface area contributed by atoms with Gasteiger partial charge in [0.15, 0.2) is 0 Å². The molecule has 5 nitrogen and oxygen atoms in total. The summed E-state index contributed by atoms with van der Waals surface area (Å²) in [7, 11) is 2.90. The molecule has 25 heavy (non-hydrogen) atoms. The Kier molecular flexibility index (Phi) is 5.41. The summed E-state index contributed by atoms with van der Waals surface area (Å²) < 4.78 is 38.3. The minimum atomic E-state index is -4.44. The Balaban J connectivity index is 2.17. The van der Waals surface area contributed by atoms with Crippen LogP contribution in [-0.4, -0.2) is 35.8 Å². The highest BCUT2D eigenvalue weighted by molar-refractivity contribution is 5.96. The predicted octanol–water partition coefficient (Wildman–Crippen LogP) is 2.73. The second kappa shape index (κ2) is 7.33. The van der Waals surface area contributed by atoms with E-state index in [1.807, 2.05) is 0 Å². The van der Waals surface area contributed by atoms with Gasteiger partial charge in [0.2, 0.25) is 0 Å². The fourth-order valence-electron chi connectivity index (χ4n) is 2.20. The first kappa shape index (κ1) is 18.4. The number of carbonyl (C=O) groups excluding carboxylic acids is 2. The fourth-order valence-corrected chi connectivity index (χ4v) is 2.20. The molecule has 0 aliphatic carbocycles. The molecule has 0 saturated carbocycles. The summed E-state index contributed by atoms with van der Waals surface area (Å²) in [5, 5.41) is 2.40. The molecule has 132 valence electrons. The van der Waals surface area contributed by atoms with Gasteiger partial charge in [0.05, 0.1) is 5.56 Å². The van der Waals surface area contributed by atoms with Crippen LogP contribution in [0.1, 0.15) is 32.1 Å². The average molecular weight is 351 g/mol. The van der Waals surface area contributed by atoms with Crippen LogP contribution >= 0.6 is 0 Å². The lowest BCUT2D eigenvalue weighted by atomic mass is 10.1. The Morgan fingerprint density at radius 3 is 2.40 bits per heavy atom. The van der Waals surface area contributed by atoms with Crippen molar-refractivity contribution in [1.29, 1.82) is 0 Å². The molecule has 0 aliphatic rings. The van der Waals surface area contributed by atoms with Gasteiger partial charge >= 0.3 is 6.18 Å². The highest BCUT2D eigenvalue weighted by Crippen LogP contribution is 2.29. The molecular formula is C17H16F3N3O2. The Morgan fingerprint density at radius 1 is 1.12 bits per heavy atom. The van der Waals surface area contributed by atoms with Crippen LogP contribution in [0.5, 0.6) is 0 Å². The molecule has 1 aromatic carbocycles. The molecule has 0 atom stereocenters. The van der Waals surface area contributed by atoms with Crippen LogP contribution in [0.4, 0.5) is 13.2 Å². The summed E-state index contributed by atoms with van der Waals surface area (Å²) in [6, 6.07) is 9.19. The number of hydrogen-bond acceptors (Lipinski definition) is 3. The summed E-state index contributed by atoms with van der Waals surface area (Å²) in [5.74, 6) is -0.932. The number of hydrogen-bond donors (Lipinski definition) is 1. The Labute approximate surface area is 142 Å². The van der Waals surface area contributed by atoms with E-state index in [1.54, 1.807) is 0 Å². The number of nitrogens with zero attached hydrogens (tertiary/aromatic N) is 2. The predicted molar refractivity (Wildman–Crippen MR) is 84.9 cm³/mol. The Morgan fingerprint density at radius 2 is 1.76 bits per heavy atom. The topological polar surface area (TPSA) is 62.3 Å². The van der Waals surface area contributed by atoms with E-state index in [0.29, 0.717) is 5.56 Å². The van der Waals surface area contributed by atoms with Gasteiger partial charge in [0, 0.05) is 20.6 Å². The molecule has 1 aromatic heterocycles. The number of alkyl halides is 3. The van der Waals surface area contributed by atoms with Gasteiger partial charge in [-0.1, -0.05) is 18.2 Å². The largest absolute Gasteiger partial charge is 0.416 e. The zero-order valence-corrected chi connectivity index (χ0v) is 13.6. The van der Waals surface area contributed by atoms with Gasteiger partial charge in [-0.3, -0.25) is 9.59 Å². The number of rotatable bonds is 4. The van der Waals surface area contributed by atoms with E-state index in [2.05, 4.69) is 10.3 Å². The molecule has 2 amide bonds. The molecule has 0 radical (unpaired) electrons. The van der Waals surface area contributed by atoms with Gasteiger partial charge < -0.3 is 10.2 Å². The first-order valence-electron chi connectivity index (χ1n) is 7.33. The van der Waals surface area contributed by atoms with Crippen LogP contribution in [0.2, 0.25) is 0 Å². The molecule has 0 fully saturated rings. The number of nitrogens with one attached hydrogen (secondary N) is 1. The maximum Gasteiger partial charge on any atom is 0.416 e. The number of halogens is 3. The SMILES string of the molecule is CNC(=O)c1cccc(C(=O)N(C)Cc2cccc(C(F)(F)F)c2)n1. The summed E-state index contributed by atoms with van der Waals surface area (Å²) in [4.78, 5) is 29.2. The molecule has 1 heterocycles. The van der Waals surface area contributed by atoms with Crippen molar-refractivity contribution < 1.29 is 22.8 Å². The fraction of sp³-hybridized carbons (Fsp3) is 0.235. The van der Waals surface area contributed by atoms with E-state index in [0.717, 1.165) is 12.1 Å². The van der Waals surface area contributed by atoms with Gasteiger partial charge in [-0.25, -0.2) is 4.98 Å². The third-order valence-electron chi connectivity index (χ3n) is 3.45. The third-order valence-corrected chi connectivity index (χ3v) is 3.45. The summed E-state index contributed by atoms with van der Waals surface area (Å²) >= 11 is 0. The van der Waals surface area contributed by atoms with E-state index in [4.69, 9.17) is 0 Å². The van der Waals surface area contributed by atoms with Crippen molar-refractivity contribution in [3.8, 4) is 0 Å². The molecule has 1 N–H and O–H groups in total. The monoisotopic (exact) mass is 351 g/mol. The molecule has 0 saturated heterocycles. The number of amides is 2. The lowest BCUT2D eigenvalue weighted by Gasteiger charge is -2.18. The quantitative estimate of drug-likeness (QED) is 0.921. The van der Waals surface area contributed by atoms with Crippen molar-refractivity contribution in [1.82, 2.24) is 15.2 Å². The van der Waals surface area contributed by atoms with Crippen LogP contribution in [0.3, 0.4) is 0 Å². The van der Waals surface area contributed by atoms with E-state index >= 15 is 0 Å². The van der Waals surface area contributed by atoms with Crippen LogP contribution in [0.15, 0.2) is 42.5 Å². The second-order valence-corrected chi connectivity index (χ2v) is 5.35. The summed E-state index contributed by atoms with van der Waals surface area (Å²) in [6.07, 6.45) is -4.44. The highest BCUT2D eigenvalue weighted by Gasteiger charge is 2.30. The van der Waals surface area contributed by atoms with Crippen molar-refractivity contribution in [2.75, 3.05) is 14.1 Å². The number of aromatic nitrogens is 1. The van der Waals surface area contributed by atoms with Gasteiger partial charge in [-0.05, 0) is 29.8 Å². The number of carbonyl (C=O) groups is 2. The van der Waals surface area contributed by atoms with Crippen LogP contribution in [0.25, 0.3) is 0 Å². The molecule has 0 aliphatic heterocycles. The molecular weight excluding hydrogens is 335 g/mol. The van der Waals surface area contributed by atoms with Crippen molar-refractivity contribution in [2.45, 2.75) is 12.7 Å². The zero-order valence-electron chi connectivity index (χ0n) is 13.6. The lowest BCUT2D eigenvalue weighted by molar-refractivity contribution is -0.137. The molecule has 2 rings (SSSR count). The smallest absolute Gasteiger partial charge is 0.354 e. The Hall–Kier alpha value is -2.90. The zero-order chi connectivity index (χ0) is 18.6. The normalized spacial score (nSPS) is 11.1. The van der Waals surface area contributed by atoms with Crippen LogP contribution < -0.4 is 5.32 Å². The van der Waals surface area contributed by atoms with Crippen LogP contribution in [-0.2, 0) is 12.7 Å². The maximum absolute atomic E-state index is 12.8. The minimum Gasteiger partial charge on any atom is -0.354 e. The van der Waals surface area contributed by atoms with Gasteiger partial charge in [-0.15, -0.1) is 0 Å². The first-order valence-corrected chi connectivity index (χ1v) is 7.33. The lowest BCUT2D eigenvalue weighted by Crippen LogP contribution is -2.28. The van der Waals surface area contributed by atoms with Crippen molar-refractivity contribution in [3.05, 3.63) is 65.0 Å². The van der Waals surface area contributed by atoms with E-state index in [1.165, 1.54) is 49.3 Å². The van der Waals surface area contributed by atoms with Gasteiger partial charge in [-0.2, -0.15) is 13.2 Å². The average Bonchev–Trinajstić information content (AvgIpc) is 2.60. The molecule has 0 unspecified atom stereocenters. The molecule has 2 aromatic rings. The molecule has 0 spiro atoms. The number of pyridine rings is 1. The van der Waals surface area contributed by atoms with Gasteiger partial charge in [0.1, 0.15) is 11.4 Å². The van der Waals surface area contributed by atoms with E-state index < -0.39 is 23.6 Å². The highest BCUT2D eigenvalue weighted by atomic mass is 19.4. The van der Waals surface area contributed by atoms with E-state index in [9.17, 15) is 22.8 Å². The van der Waals surface area contributed by atoms with Crippen molar-refractivity contribution in [3.63, 3.8) is 0 Å². The molecule has 0 bridgehead atoms. The summed E-state index contributed by atoms with van der Waals surface area (Å²) in [5.41, 5.74) is -0.310. The Bertz CT molecular complexity index is 791. The second-order valence-electron chi connectivity index (χ2n) is 5.35. The van der Waals surface area contributed by atoms with Gasteiger partial charge in [0.25, 0.3) is 11.8 Å². The first-order chi connectivity index (χ1) is 11.7. The third kappa shape index (κ3) is 4.56. The van der Waals surface area contributed by atoms with Crippen molar-refractivity contribution in [2.24, 2.45) is 0 Å². The van der Waals surface area contributed by atoms with Crippen molar-refractivity contribution >= 4 is 11.8 Å². The van der Waals surface area contributed by atoms with E-state index in [-0.39, 0.29) is 17.9 Å². The maximum atomic E-state index is 12.8. The van der Waals surface area contributed by atoms with Crippen LogP contribution in [0, 0.1) is 0 Å². The number of benzene rings is 1.